The van der Waals surface area contributed by atoms with Crippen molar-refractivity contribution in [3.63, 3.8) is 0 Å². The number of nitrogens with two attached hydrogens (primary N) is 1. The zero-order valence-corrected chi connectivity index (χ0v) is 14.1. The molecule has 134 valence electrons. The first-order valence-electron chi connectivity index (χ1n) is 7.64. The second-order valence-corrected chi connectivity index (χ2v) is 7.10. The van der Waals surface area contributed by atoms with Crippen molar-refractivity contribution in [2.24, 2.45) is 15.7 Å². The molecule has 0 aliphatic heterocycles. The number of aromatic nitrogens is 1. The van der Waals surface area contributed by atoms with Crippen LogP contribution < -0.4 is 5.73 Å². The van der Waals surface area contributed by atoms with Crippen LogP contribution >= 0.6 is 11.8 Å². The molecular formula is C16H16F4N4S. The summed E-state index contributed by atoms with van der Waals surface area (Å²) in [5.74, 6) is -1.33. The second-order valence-electron chi connectivity index (χ2n) is 5.76. The number of halogens is 4. The van der Waals surface area contributed by atoms with Gasteiger partial charge >= 0.3 is 6.18 Å². The van der Waals surface area contributed by atoms with E-state index >= 15 is 0 Å². The average Bonchev–Trinajstić information content (AvgIpc) is 2.92. The van der Waals surface area contributed by atoms with Crippen molar-refractivity contribution in [1.29, 1.82) is 0 Å². The lowest BCUT2D eigenvalue weighted by molar-refractivity contribution is -0.137. The standard InChI is InChI=1S/C16H16F4N4S/c1-22-7-23-15(21)13-9-5-12(25-8-3-2-4-8)24-14(9)11(17)6-10(13)16(18,19)20/h5-8,24H,2-4H2,1H3,(H2,21,22,23). The lowest BCUT2D eigenvalue weighted by Gasteiger charge is -2.23. The summed E-state index contributed by atoms with van der Waals surface area (Å²) >= 11 is 1.51. The molecule has 0 bridgehead atoms. The summed E-state index contributed by atoms with van der Waals surface area (Å²) in [6.07, 6.45) is -0.487. The van der Waals surface area contributed by atoms with Gasteiger partial charge in [-0.25, -0.2) is 9.38 Å². The van der Waals surface area contributed by atoms with Gasteiger partial charge in [0.15, 0.2) is 0 Å². The van der Waals surface area contributed by atoms with Crippen molar-refractivity contribution in [3.8, 4) is 0 Å². The van der Waals surface area contributed by atoms with E-state index in [0.29, 0.717) is 16.3 Å². The second kappa shape index (κ2) is 6.70. The lowest BCUT2D eigenvalue weighted by atomic mass is 10.00. The number of rotatable bonds is 4. The van der Waals surface area contributed by atoms with Crippen LogP contribution in [0, 0.1) is 5.82 Å². The van der Waals surface area contributed by atoms with Gasteiger partial charge in [0.1, 0.15) is 18.0 Å². The van der Waals surface area contributed by atoms with Crippen LogP contribution in [0.2, 0.25) is 0 Å². The van der Waals surface area contributed by atoms with E-state index < -0.39 is 17.6 Å². The van der Waals surface area contributed by atoms with Crippen molar-refractivity contribution in [1.82, 2.24) is 4.98 Å². The Labute approximate surface area is 145 Å². The van der Waals surface area contributed by atoms with Crippen LogP contribution in [0.3, 0.4) is 0 Å². The van der Waals surface area contributed by atoms with Crippen LogP contribution in [0.4, 0.5) is 17.6 Å². The van der Waals surface area contributed by atoms with Gasteiger partial charge in [-0.2, -0.15) is 13.2 Å². The molecule has 1 aromatic heterocycles. The highest BCUT2D eigenvalue weighted by atomic mass is 32.2. The van der Waals surface area contributed by atoms with E-state index in [-0.39, 0.29) is 22.3 Å². The SMILES string of the molecule is CN=CN=C(N)c1c(C(F)(F)F)cc(F)c2[nH]c(SC3CCC3)cc12. The van der Waals surface area contributed by atoms with Crippen LogP contribution in [-0.4, -0.2) is 29.5 Å². The highest BCUT2D eigenvalue weighted by Crippen LogP contribution is 2.41. The Balaban J connectivity index is 2.20. The molecule has 1 fully saturated rings. The predicted octanol–water partition coefficient (Wildman–Crippen LogP) is 4.33. The Bertz CT molecular complexity index is 850. The van der Waals surface area contributed by atoms with E-state index in [2.05, 4.69) is 15.0 Å². The maximum atomic E-state index is 14.3. The Hall–Kier alpha value is -2.03. The summed E-state index contributed by atoms with van der Waals surface area (Å²) in [4.78, 5) is 10.2. The minimum absolute atomic E-state index is 0.00332. The van der Waals surface area contributed by atoms with Gasteiger partial charge in [-0.1, -0.05) is 6.42 Å². The molecule has 0 unspecified atom stereocenters. The van der Waals surface area contributed by atoms with Gasteiger partial charge in [-0.15, -0.1) is 11.8 Å². The first kappa shape index (κ1) is 17.8. The number of nitrogens with zero attached hydrogens (tertiary/aromatic N) is 2. The van der Waals surface area contributed by atoms with E-state index in [0.717, 1.165) is 25.6 Å². The molecule has 3 rings (SSSR count). The number of hydrogen-bond acceptors (Lipinski definition) is 2. The monoisotopic (exact) mass is 372 g/mol. The molecule has 1 aliphatic carbocycles. The number of benzene rings is 1. The Morgan fingerprint density at radius 1 is 1.36 bits per heavy atom. The smallest absolute Gasteiger partial charge is 0.383 e. The number of nitrogens with one attached hydrogen (secondary N) is 1. The van der Waals surface area contributed by atoms with Crippen LogP contribution in [0.25, 0.3) is 10.9 Å². The van der Waals surface area contributed by atoms with E-state index in [4.69, 9.17) is 5.73 Å². The largest absolute Gasteiger partial charge is 0.417 e. The Morgan fingerprint density at radius 3 is 2.64 bits per heavy atom. The number of hydrogen-bond donors (Lipinski definition) is 2. The minimum atomic E-state index is -4.76. The number of aromatic amines is 1. The predicted molar refractivity (Wildman–Crippen MR) is 91.9 cm³/mol. The summed E-state index contributed by atoms with van der Waals surface area (Å²) in [6.45, 7) is 0. The van der Waals surface area contributed by atoms with E-state index in [1.807, 2.05) is 0 Å². The maximum absolute atomic E-state index is 14.3. The van der Waals surface area contributed by atoms with Gasteiger partial charge in [0.2, 0.25) is 0 Å². The fourth-order valence-corrected chi connectivity index (χ4v) is 3.92. The van der Waals surface area contributed by atoms with Crippen molar-refractivity contribution >= 4 is 34.8 Å². The zero-order valence-electron chi connectivity index (χ0n) is 13.3. The molecule has 3 N–H and O–H groups in total. The van der Waals surface area contributed by atoms with Gasteiger partial charge < -0.3 is 10.7 Å². The molecule has 0 saturated heterocycles. The lowest BCUT2D eigenvalue weighted by Crippen LogP contribution is -2.21. The van der Waals surface area contributed by atoms with E-state index in [1.165, 1.54) is 24.9 Å². The highest BCUT2D eigenvalue weighted by Gasteiger charge is 2.37. The number of aliphatic imine (C=N–C) groups is 2. The molecule has 1 saturated carbocycles. The van der Waals surface area contributed by atoms with Gasteiger partial charge in [0.05, 0.1) is 16.1 Å². The van der Waals surface area contributed by atoms with Crippen molar-refractivity contribution in [2.45, 2.75) is 35.7 Å². The molecule has 25 heavy (non-hydrogen) atoms. The third kappa shape index (κ3) is 3.51. The van der Waals surface area contributed by atoms with E-state index in [9.17, 15) is 17.6 Å². The summed E-state index contributed by atoms with van der Waals surface area (Å²) in [7, 11) is 1.42. The summed E-state index contributed by atoms with van der Waals surface area (Å²) < 4.78 is 54.5. The fraction of sp³-hybridized carbons (Fsp3) is 0.375. The third-order valence-corrected chi connectivity index (χ3v) is 5.34. The summed E-state index contributed by atoms with van der Waals surface area (Å²) in [5.41, 5.74) is 4.27. The Kier molecular flexibility index (Phi) is 4.77. The fourth-order valence-electron chi connectivity index (χ4n) is 2.65. The minimum Gasteiger partial charge on any atom is -0.383 e. The molecule has 0 radical (unpaired) electrons. The third-order valence-electron chi connectivity index (χ3n) is 4.06. The number of thioether (sulfide) groups is 1. The van der Waals surface area contributed by atoms with Gasteiger partial charge in [0, 0.05) is 23.2 Å². The Morgan fingerprint density at radius 2 is 2.08 bits per heavy atom. The molecule has 1 aliphatic rings. The van der Waals surface area contributed by atoms with Crippen molar-refractivity contribution < 1.29 is 17.6 Å². The molecule has 1 aromatic carbocycles. The first-order chi connectivity index (χ1) is 11.8. The van der Waals surface area contributed by atoms with Crippen molar-refractivity contribution in [3.05, 3.63) is 29.1 Å². The van der Waals surface area contributed by atoms with Gasteiger partial charge in [-0.05, 0) is 25.0 Å². The van der Waals surface area contributed by atoms with Crippen molar-refractivity contribution in [2.75, 3.05) is 7.05 Å². The molecule has 0 atom stereocenters. The van der Waals surface area contributed by atoms with Crippen LogP contribution in [0.15, 0.2) is 27.1 Å². The average molecular weight is 372 g/mol. The highest BCUT2D eigenvalue weighted by molar-refractivity contribution is 7.99. The molecule has 1 heterocycles. The first-order valence-corrected chi connectivity index (χ1v) is 8.52. The molecule has 0 spiro atoms. The van der Waals surface area contributed by atoms with Crippen LogP contribution in [0.1, 0.15) is 30.4 Å². The molecule has 9 heteroatoms. The maximum Gasteiger partial charge on any atom is 0.417 e. The van der Waals surface area contributed by atoms with Gasteiger partial charge in [0.25, 0.3) is 0 Å². The molecule has 2 aromatic rings. The number of H-pyrrole nitrogens is 1. The van der Waals surface area contributed by atoms with Crippen LogP contribution in [-0.2, 0) is 6.18 Å². The van der Waals surface area contributed by atoms with E-state index in [1.54, 1.807) is 0 Å². The number of amidine groups is 1. The zero-order chi connectivity index (χ0) is 18.2. The molecule has 4 nitrogen and oxygen atoms in total. The summed E-state index contributed by atoms with van der Waals surface area (Å²) in [6, 6.07) is 1.97. The molecule has 0 amide bonds. The van der Waals surface area contributed by atoms with Gasteiger partial charge in [-0.3, -0.25) is 4.99 Å². The normalized spacial score (nSPS) is 16.8. The topological polar surface area (TPSA) is 66.5 Å². The summed E-state index contributed by atoms with van der Waals surface area (Å²) in [5, 5.41) is 1.09. The molecular weight excluding hydrogens is 356 g/mol. The number of alkyl halides is 3. The quantitative estimate of drug-likeness (QED) is 0.476. The van der Waals surface area contributed by atoms with Crippen LogP contribution in [0.5, 0.6) is 0 Å². The number of fused-ring (bicyclic) bond motifs is 1.